The Hall–Kier alpha value is -0.0800. The lowest BCUT2D eigenvalue weighted by molar-refractivity contribution is 0.480. The molecule has 0 aromatic heterocycles. The third-order valence-electron chi connectivity index (χ3n) is 3.03. The van der Waals surface area contributed by atoms with Gasteiger partial charge in [-0.2, -0.15) is 0 Å². The molecule has 0 bridgehead atoms. The molecule has 2 N–H and O–H groups in total. The predicted octanol–water partition coefficient (Wildman–Crippen LogP) is 2.15. The first-order valence-corrected chi connectivity index (χ1v) is 6.15. The van der Waals surface area contributed by atoms with E-state index in [4.69, 9.17) is 0 Å². The van der Waals surface area contributed by atoms with Crippen molar-refractivity contribution in [3.8, 4) is 0 Å². The lowest BCUT2D eigenvalue weighted by Crippen LogP contribution is -2.31. The van der Waals surface area contributed by atoms with Gasteiger partial charge in [0.25, 0.3) is 0 Å². The van der Waals surface area contributed by atoms with Gasteiger partial charge in [0, 0.05) is 12.1 Å². The zero-order chi connectivity index (χ0) is 10.4. The van der Waals surface area contributed by atoms with Crippen LogP contribution in [0.15, 0.2) is 0 Å². The topological polar surface area (TPSA) is 24.1 Å². The van der Waals surface area contributed by atoms with Crippen molar-refractivity contribution in [3.63, 3.8) is 0 Å². The van der Waals surface area contributed by atoms with Crippen LogP contribution in [0.25, 0.3) is 0 Å². The Balaban J connectivity index is 1.89. The number of hydrogen-bond donors (Lipinski definition) is 2. The zero-order valence-corrected chi connectivity index (χ0v) is 9.97. The first kappa shape index (κ1) is 12.0. The van der Waals surface area contributed by atoms with E-state index in [1.54, 1.807) is 0 Å². The van der Waals surface area contributed by atoms with Gasteiger partial charge in [0.2, 0.25) is 0 Å². The SMILES string of the molecule is CC1CCC(NCCCNC(C)C)C1. The Labute approximate surface area is 88.8 Å². The molecule has 0 heterocycles. The van der Waals surface area contributed by atoms with Gasteiger partial charge in [-0.3, -0.25) is 0 Å². The maximum Gasteiger partial charge on any atom is 0.00697 e. The van der Waals surface area contributed by atoms with Gasteiger partial charge in [-0.15, -0.1) is 0 Å². The molecule has 2 unspecified atom stereocenters. The highest BCUT2D eigenvalue weighted by Crippen LogP contribution is 2.24. The molecule has 2 nitrogen and oxygen atoms in total. The molecule has 2 atom stereocenters. The van der Waals surface area contributed by atoms with Gasteiger partial charge in [0.05, 0.1) is 0 Å². The largest absolute Gasteiger partial charge is 0.314 e. The smallest absolute Gasteiger partial charge is 0.00697 e. The Morgan fingerprint density at radius 2 is 2.00 bits per heavy atom. The number of rotatable bonds is 6. The molecule has 0 aromatic rings. The van der Waals surface area contributed by atoms with Crippen LogP contribution in [0.4, 0.5) is 0 Å². The summed E-state index contributed by atoms with van der Waals surface area (Å²) in [5.41, 5.74) is 0. The van der Waals surface area contributed by atoms with Crippen molar-refractivity contribution in [2.45, 2.75) is 58.5 Å². The summed E-state index contributed by atoms with van der Waals surface area (Å²) in [5.74, 6) is 0.946. The van der Waals surface area contributed by atoms with E-state index in [1.807, 2.05) is 0 Å². The summed E-state index contributed by atoms with van der Waals surface area (Å²) in [7, 11) is 0. The minimum atomic E-state index is 0.626. The highest BCUT2D eigenvalue weighted by Gasteiger charge is 2.19. The van der Waals surface area contributed by atoms with Gasteiger partial charge < -0.3 is 10.6 Å². The summed E-state index contributed by atoms with van der Waals surface area (Å²) in [6.45, 7) is 9.09. The van der Waals surface area contributed by atoms with Gasteiger partial charge in [-0.05, 0) is 44.7 Å². The second-order valence-corrected chi connectivity index (χ2v) is 5.03. The minimum absolute atomic E-state index is 0.626. The van der Waals surface area contributed by atoms with E-state index in [1.165, 1.54) is 32.2 Å². The molecule has 1 aliphatic rings. The predicted molar refractivity (Wildman–Crippen MR) is 62.6 cm³/mol. The van der Waals surface area contributed by atoms with Crippen LogP contribution >= 0.6 is 0 Å². The van der Waals surface area contributed by atoms with Crippen molar-refractivity contribution in [1.82, 2.24) is 10.6 Å². The maximum atomic E-state index is 3.65. The summed E-state index contributed by atoms with van der Waals surface area (Å²) < 4.78 is 0. The Morgan fingerprint density at radius 1 is 1.21 bits per heavy atom. The standard InChI is InChI=1S/C12H26N2/c1-10(2)13-7-4-8-14-12-6-5-11(3)9-12/h10-14H,4-9H2,1-3H3. The van der Waals surface area contributed by atoms with Crippen LogP contribution in [0.2, 0.25) is 0 Å². The quantitative estimate of drug-likeness (QED) is 0.639. The van der Waals surface area contributed by atoms with Crippen molar-refractivity contribution in [3.05, 3.63) is 0 Å². The van der Waals surface area contributed by atoms with Gasteiger partial charge in [-0.25, -0.2) is 0 Å². The molecule has 0 amide bonds. The molecule has 0 spiro atoms. The average Bonchev–Trinajstić information content (AvgIpc) is 2.50. The zero-order valence-electron chi connectivity index (χ0n) is 9.97. The second-order valence-electron chi connectivity index (χ2n) is 5.03. The van der Waals surface area contributed by atoms with E-state index in [0.717, 1.165) is 18.5 Å². The summed E-state index contributed by atoms with van der Waals surface area (Å²) in [4.78, 5) is 0. The first-order chi connectivity index (χ1) is 6.68. The van der Waals surface area contributed by atoms with E-state index in [2.05, 4.69) is 31.4 Å². The van der Waals surface area contributed by atoms with Crippen molar-refractivity contribution >= 4 is 0 Å². The normalized spacial score (nSPS) is 27.4. The molecule has 2 heteroatoms. The molecule has 84 valence electrons. The highest BCUT2D eigenvalue weighted by molar-refractivity contribution is 4.78. The van der Waals surface area contributed by atoms with E-state index in [9.17, 15) is 0 Å². The molecule has 14 heavy (non-hydrogen) atoms. The lowest BCUT2D eigenvalue weighted by Gasteiger charge is -2.13. The highest BCUT2D eigenvalue weighted by atomic mass is 14.9. The summed E-state index contributed by atoms with van der Waals surface area (Å²) in [5, 5.41) is 7.09. The van der Waals surface area contributed by atoms with Crippen LogP contribution in [-0.4, -0.2) is 25.2 Å². The fourth-order valence-electron chi connectivity index (χ4n) is 2.18. The monoisotopic (exact) mass is 198 g/mol. The summed E-state index contributed by atoms with van der Waals surface area (Å²) in [6, 6.07) is 1.44. The fourth-order valence-corrected chi connectivity index (χ4v) is 2.18. The second kappa shape index (κ2) is 6.41. The average molecular weight is 198 g/mol. The third-order valence-corrected chi connectivity index (χ3v) is 3.03. The molecule has 1 rings (SSSR count). The van der Waals surface area contributed by atoms with Crippen LogP contribution in [-0.2, 0) is 0 Å². The van der Waals surface area contributed by atoms with Crippen molar-refractivity contribution < 1.29 is 0 Å². The van der Waals surface area contributed by atoms with Crippen LogP contribution in [0.5, 0.6) is 0 Å². The number of hydrogen-bond acceptors (Lipinski definition) is 2. The fraction of sp³-hybridized carbons (Fsp3) is 1.00. The van der Waals surface area contributed by atoms with Gasteiger partial charge in [0.15, 0.2) is 0 Å². The molecule has 1 saturated carbocycles. The molecule has 0 aromatic carbocycles. The van der Waals surface area contributed by atoms with Gasteiger partial charge in [-0.1, -0.05) is 20.8 Å². The number of nitrogens with one attached hydrogen (secondary N) is 2. The van der Waals surface area contributed by atoms with Crippen LogP contribution < -0.4 is 10.6 Å². The van der Waals surface area contributed by atoms with Gasteiger partial charge >= 0.3 is 0 Å². The van der Waals surface area contributed by atoms with Crippen molar-refractivity contribution in [2.75, 3.05) is 13.1 Å². The van der Waals surface area contributed by atoms with Crippen LogP contribution in [0.3, 0.4) is 0 Å². The Morgan fingerprint density at radius 3 is 2.57 bits per heavy atom. The molecule has 1 fully saturated rings. The van der Waals surface area contributed by atoms with Crippen molar-refractivity contribution in [2.24, 2.45) is 5.92 Å². The molecule has 0 saturated heterocycles. The molecule has 1 aliphatic carbocycles. The Bertz CT molecular complexity index is 145. The molecular weight excluding hydrogens is 172 g/mol. The van der Waals surface area contributed by atoms with E-state index >= 15 is 0 Å². The van der Waals surface area contributed by atoms with Crippen LogP contribution in [0, 0.1) is 5.92 Å². The minimum Gasteiger partial charge on any atom is -0.314 e. The molecule has 0 radical (unpaired) electrons. The third kappa shape index (κ3) is 4.97. The molecular formula is C12H26N2. The Kier molecular flexibility index (Phi) is 5.49. The molecule has 0 aliphatic heterocycles. The maximum absolute atomic E-state index is 3.65. The van der Waals surface area contributed by atoms with E-state index < -0.39 is 0 Å². The van der Waals surface area contributed by atoms with Gasteiger partial charge in [0.1, 0.15) is 0 Å². The van der Waals surface area contributed by atoms with Crippen molar-refractivity contribution in [1.29, 1.82) is 0 Å². The first-order valence-electron chi connectivity index (χ1n) is 6.15. The van der Waals surface area contributed by atoms with E-state index in [-0.39, 0.29) is 0 Å². The van der Waals surface area contributed by atoms with Crippen LogP contribution in [0.1, 0.15) is 46.5 Å². The lowest BCUT2D eigenvalue weighted by atomic mass is 10.1. The van der Waals surface area contributed by atoms with E-state index in [0.29, 0.717) is 6.04 Å². The summed E-state index contributed by atoms with van der Waals surface area (Å²) in [6.07, 6.45) is 5.45. The summed E-state index contributed by atoms with van der Waals surface area (Å²) >= 11 is 0.